The standard InChI is InChI=1S/C9H14N4O4/c1-7(2)12(17-3)9(14)6-11-5-8(4-10-11)13(15)16/h4-5,7H,6H2,1-3H3. The zero-order valence-corrected chi connectivity index (χ0v) is 9.86. The summed E-state index contributed by atoms with van der Waals surface area (Å²) in [6.07, 6.45) is 2.30. The third-order valence-corrected chi connectivity index (χ3v) is 2.04. The molecule has 1 aromatic heterocycles. The summed E-state index contributed by atoms with van der Waals surface area (Å²) < 4.78 is 1.20. The van der Waals surface area contributed by atoms with Gasteiger partial charge < -0.3 is 0 Å². The van der Waals surface area contributed by atoms with Crippen LogP contribution in [0.25, 0.3) is 0 Å². The van der Waals surface area contributed by atoms with Crippen LogP contribution in [0.3, 0.4) is 0 Å². The van der Waals surface area contributed by atoms with Crippen molar-refractivity contribution in [3.05, 3.63) is 22.5 Å². The van der Waals surface area contributed by atoms with E-state index in [1.165, 1.54) is 23.1 Å². The minimum absolute atomic E-state index is 0.0974. The molecule has 0 fully saturated rings. The van der Waals surface area contributed by atoms with Gasteiger partial charge in [0.25, 0.3) is 5.91 Å². The molecular weight excluding hydrogens is 228 g/mol. The molecule has 1 rings (SSSR count). The monoisotopic (exact) mass is 242 g/mol. The molecule has 0 unspecified atom stereocenters. The van der Waals surface area contributed by atoms with E-state index in [0.717, 1.165) is 6.20 Å². The van der Waals surface area contributed by atoms with Crippen LogP contribution in [0.4, 0.5) is 5.69 Å². The van der Waals surface area contributed by atoms with Crippen molar-refractivity contribution in [2.24, 2.45) is 0 Å². The predicted molar refractivity (Wildman–Crippen MR) is 57.9 cm³/mol. The van der Waals surface area contributed by atoms with Crippen molar-refractivity contribution in [1.29, 1.82) is 0 Å². The summed E-state index contributed by atoms with van der Waals surface area (Å²) in [5.41, 5.74) is -0.147. The second-order valence-corrected chi connectivity index (χ2v) is 3.65. The molecule has 0 aromatic carbocycles. The molecule has 0 bridgehead atoms. The summed E-state index contributed by atoms with van der Waals surface area (Å²) in [5, 5.41) is 15.3. The average molecular weight is 242 g/mol. The van der Waals surface area contributed by atoms with Crippen LogP contribution in [0.5, 0.6) is 0 Å². The lowest BCUT2D eigenvalue weighted by atomic mass is 10.4. The van der Waals surface area contributed by atoms with Gasteiger partial charge in [-0.1, -0.05) is 0 Å². The van der Waals surface area contributed by atoms with E-state index in [1.54, 1.807) is 13.8 Å². The Bertz CT molecular complexity index is 415. The van der Waals surface area contributed by atoms with Gasteiger partial charge >= 0.3 is 5.69 Å². The number of hydrogen-bond acceptors (Lipinski definition) is 5. The van der Waals surface area contributed by atoms with E-state index in [9.17, 15) is 14.9 Å². The SMILES string of the molecule is CON(C(=O)Cn1cc([N+](=O)[O-])cn1)C(C)C. The molecular formula is C9H14N4O4. The maximum atomic E-state index is 11.7. The van der Waals surface area contributed by atoms with E-state index in [1.807, 2.05) is 0 Å². The van der Waals surface area contributed by atoms with E-state index < -0.39 is 4.92 Å². The van der Waals surface area contributed by atoms with Crippen LogP contribution in [-0.2, 0) is 16.2 Å². The van der Waals surface area contributed by atoms with Gasteiger partial charge in [-0.25, -0.2) is 5.06 Å². The van der Waals surface area contributed by atoms with Crippen molar-refractivity contribution in [3.8, 4) is 0 Å². The fourth-order valence-electron chi connectivity index (χ4n) is 1.34. The number of hydrogen-bond donors (Lipinski definition) is 0. The lowest BCUT2D eigenvalue weighted by Gasteiger charge is -2.23. The van der Waals surface area contributed by atoms with Gasteiger partial charge in [0.2, 0.25) is 0 Å². The van der Waals surface area contributed by atoms with Crippen LogP contribution < -0.4 is 0 Å². The molecule has 0 saturated carbocycles. The molecule has 0 spiro atoms. The Morgan fingerprint density at radius 1 is 1.71 bits per heavy atom. The van der Waals surface area contributed by atoms with Crippen molar-refractivity contribution in [2.75, 3.05) is 7.11 Å². The molecule has 8 nitrogen and oxygen atoms in total. The van der Waals surface area contributed by atoms with E-state index in [4.69, 9.17) is 4.84 Å². The molecule has 1 aromatic rings. The molecule has 0 aliphatic rings. The number of rotatable bonds is 5. The van der Waals surface area contributed by atoms with Crippen LogP contribution in [0.1, 0.15) is 13.8 Å². The van der Waals surface area contributed by atoms with E-state index >= 15 is 0 Å². The lowest BCUT2D eigenvalue weighted by Crippen LogP contribution is -2.38. The highest BCUT2D eigenvalue weighted by atomic mass is 16.7. The van der Waals surface area contributed by atoms with Crippen LogP contribution in [0.15, 0.2) is 12.4 Å². The van der Waals surface area contributed by atoms with Gasteiger partial charge in [-0.2, -0.15) is 5.10 Å². The summed E-state index contributed by atoms with van der Waals surface area (Å²) in [4.78, 5) is 26.5. The summed E-state index contributed by atoms with van der Waals surface area (Å²) in [5.74, 6) is -0.319. The zero-order valence-electron chi connectivity index (χ0n) is 9.86. The number of aromatic nitrogens is 2. The van der Waals surface area contributed by atoms with Gasteiger partial charge in [0.1, 0.15) is 18.9 Å². The Balaban J connectivity index is 2.70. The van der Waals surface area contributed by atoms with E-state index in [-0.39, 0.29) is 24.2 Å². The molecule has 17 heavy (non-hydrogen) atoms. The Morgan fingerprint density at radius 2 is 2.35 bits per heavy atom. The van der Waals surface area contributed by atoms with Crippen molar-refractivity contribution in [3.63, 3.8) is 0 Å². The second-order valence-electron chi connectivity index (χ2n) is 3.65. The maximum absolute atomic E-state index is 11.7. The summed E-state index contributed by atoms with van der Waals surface area (Å²) in [6.45, 7) is 3.50. The minimum Gasteiger partial charge on any atom is -0.274 e. The summed E-state index contributed by atoms with van der Waals surface area (Å²) in [7, 11) is 1.39. The van der Waals surface area contributed by atoms with Gasteiger partial charge in [0.15, 0.2) is 0 Å². The van der Waals surface area contributed by atoms with Crippen molar-refractivity contribution in [2.45, 2.75) is 26.4 Å². The Kier molecular flexibility index (Phi) is 4.16. The minimum atomic E-state index is -0.565. The second kappa shape index (κ2) is 5.39. The average Bonchev–Trinajstić information content (AvgIpc) is 2.66. The highest BCUT2D eigenvalue weighted by Crippen LogP contribution is 2.08. The van der Waals surface area contributed by atoms with Gasteiger partial charge in [-0.15, -0.1) is 0 Å². The maximum Gasteiger partial charge on any atom is 0.307 e. The highest BCUT2D eigenvalue weighted by molar-refractivity contribution is 5.75. The number of nitro groups is 1. The van der Waals surface area contributed by atoms with Crippen LogP contribution in [0, 0.1) is 10.1 Å². The topological polar surface area (TPSA) is 90.5 Å². The third kappa shape index (κ3) is 3.25. The van der Waals surface area contributed by atoms with Gasteiger partial charge in [0, 0.05) is 0 Å². The number of carbonyl (C=O) groups is 1. The molecule has 0 radical (unpaired) electrons. The smallest absolute Gasteiger partial charge is 0.274 e. The molecule has 94 valence electrons. The molecule has 1 amide bonds. The van der Waals surface area contributed by atoms with Crippen molar-refractivity contribution in [1.82, 2.24) is 14.8 Å². The summed E-state index contributed by atoms with van der Waals surface area (Å²) >= 11 is 0. The molecule has 8 heteroatoms. The molecule has 0 saturated heterocycles. The van der Waals surface area contributed by atoms with Gasteiger partial charge in [-0.3, -0.25) is 24.4 Å². The number of nitrogens with zero attached hydrogens (tertiary/aromatic N) is 4. The molecule has 0 aliphatic heterocycles. The quantitative estimate of drug-likeness (QED) is 0.556. The third-order valence-electron chi connectivity index (χ3n) is 2.04. The number of carbonyl (C=O) groups excluding carboxylic acids is 1. The lowest BCUT2D eigenvalue weighted by molar-refractivity contribution is -0.385. The Morgan fingerprint density at radius 3 is 2.76 bits per heavy atom. The zero-order chi connectivity index (χ0) is 13.0. The first kappa shape index (κ1) is 13.1. The fourth-order valence-corrected chi connectivity index (χ4v) is 1.34. The highest BCUT2D eigenvalue weighted by Gasteiger charge is 2.18. The molecule has 0 atom stereocenters. The predicted octanol–water partition coefficient (Wildman–Crippen LogP) is 0.590. The molecule has 0 aliphatic carbocycles. The van der Waals surface area contributed by atoms with Crippen LogP contribution in [-0.4, -0.2) is 38.8 Å². The van der Waals surface area contributed by atoms with Gasteiger partial charge in [0.05, 0.1) is 18.1 Å². The largest absolute Gasteiger partial charge is 0.307 e. The number of amides is 1. The first-order chi connectivity index (χ1) is 7.95. The van der Waals surface area contributed by atoms with E-state index in [0.29, 0.717) is 0 Å². The van der Waals surface area contributed by atoms with E-state index in [2.05, 4.69) is 5.10 Å². The molecule has 0 N–H and O–H groups in total. The molecule has 1 heterocycles. The normalized spacial score (nSPS) is 10.6. The first-order valence-electron chi connectivity index (χ1n) is 4.98. The fraction of sp³-hybridized carbons (Fsp3) is 0.556. The van der Waals surface area contributed by atoms with Crippen molar-refractivity contribution >= 4 is 11.6 Å². The first-order valence-corrected chi connectivity index (χ1v) is 4.98. The number of hydroxylamine groups is 2. The Labute approximate surface area is 97.9 Å². The van der Waals surface area contributed by atoms with Crippen LogP contribution in [0.2, 0.25) is 0 Å². The summed E-state index contributed by atoms with van der Waals surface area (Å²) in [6, 6.07) is -0.113. The van der Waals surface area contributed by atoms with Gasteiger partial charge in [-0.05, 0) is 13.8 Å². The van der Waals surface area contributed by atoms with Crippen molar-refractivity contribution < 1.29 is 14.6 Å². The Hall–Kier alpha value is -1.96. The van der Waals surface area contributed by atoms with Crippen LogP contribution >= 0.6 is 0 Å².